The second-order valence-corrected chi connectivity index (χ2v) is 8.48. The van der Waals surface area contributed by atoms with E-state index >= 15 is 0 Å². The van der Waals surface area contributed by atoms with Crippen molar-refractivity contribution in [3.05, 3.63) is 52.6 Å². The van der Waals surface area contributed by atoms with Gasteiger partial charge in [0.15, 0.2) is 0 Å². The highest BCUT2D eigenvalue weighted by Crippen LogP contribution is 2.32. The first-order valence-corrected chi connectivity index (χ1v) is 11.2. The molecule has 2 amide bonds. The average Bonchev–Trinajstić information content (AvgIpc) is 3.19. The van der Waals surface area contributed by atoms with Crippen molar-refractivity contribution in [1.82, 2.24) is 14.9 Å². The van der Waals surface area contributed by atoms with Crippen molar-refractivity contribution in [2.75, 3.05) is 49.1 Å². The summed E-state index contributed by atoms with van der Waals surface area (Å²) in [7, 11) is 0. The van der Waals surface area contributed by atoms with Crippen molar-refractivity contribution in [3.8, 4) is 0 Å². The number of nitrogens with two attached hydrogens (primary N) is 1. The number of pyridine rings is 1. The molecule has 0 bridgehead atoms. The van der Waals surface area contributed by atoms with E-state index in [1.807, 2.05) is 36.4 Å². The highest BCUT2D eigenvalue weighted by molar-refractivity contribution is 6.43. The Hall–Kier alpha value is -2.48. The lowest BCUT2D eigenvalue weighted by atomic mass is 10.2. The summed E-state index contributed by atoms with van der Waals surface area (Å²) < 4.78 is 0. The maximum absolute atomic E-state index is 12.0. The van der Waals surface area contributed by atoms with Gasteiger partial charge in [-0.3, -0.25) is 9.80 Å². The fourth-order valence-electron chi connectivity index (χ4n) is 3.99. The van der Waals surface area contributed by atoms with E-state index in [1.165, 1.54) is 0 Å². The molecule has 0 atom stereocenters. The molecule has 0 saturated carbocycles. The number of piperazine rings is 1. The number of hydrogen-bond acceptors (Lipinski definition) is 4. The zero-order chi connectivity index (χ0) is 21.8. The van der Waals surface area contributed by atoms with E-state index in [0.29, 0.717) is 22.4 Å². The van der Waals surface area contributed by atoms with Gasteiger partial charge in [0.2, 0.25) is 0 Å². The molecule has 0 aliphatic carbocycles. The molecule has 1 aliphatic heterocycles. The van der Waals surface area contributed by atoms with E-state index in [4.69, 9.17) is 28.9 Å². The van der Waals surface area contributed by atoms with Gasteiger partial charge in [-0.15, -0.1) is 0 Å². The summed E-state index contributed by atoms with van der Waals surface area (Å²) in [6.45, 7) is 5.31. The minimum absolute atomic E-state index is 0.460. The first-order valence-electron chi connectivity index (χ1n) is 10.4. The second-order valence-electron chi connectivity index (χ2n) is 7.69. The maximum Gasteiger partial charge on any atom is 0.320 e. The lowest BCUT2D eigenvalue weighted by Gasteiger charge is -2.36. The molecule has 3 N–H and O–H groups in total. The summed E-state index contributed by atoms with van der Waals surface area (Å²) in [6.07, 6.45) is 3.57. The second kappa shape index (κ2) is 9.77. The van der Waals surface area contributed by atoms with Gasteiger partial charge >= 0.3 is 6.03 Å². The third-order valence-electron chi connectivity index (χ3n) is 5.68. The Morgan fingerprint density at radius 3 is 2.68 bits per heavy atom. The summed E-state index contributed by atoms with van der Waals surface area (Å²) in [4.78, 5) is 25.7. The summed E-state index contributed by atoms with van der Waals surface area (Å²) in [5.41, 5.74) is 7.37. The van der Waals surface area contributed by atoms with E-state index in [-0.39, 0.29) is 0 Å². The highest BCUT2D eigenvalue weighted by atomic mass is 35.5. The summed E-state index contributed by atoms with van der Waals surface area (Å²) in [5.74, 6) is 0.688. The Morgan fingerprint density at radius 2 is 1.94 bits per heavy atom. The largest absolute Gasteiger partial charge is 0.368 e. The molecule has 1 fully saturated rings. The smallest absolute Gasteiger partial charge is 0.320 e. The normalized spacial score (nSPS) is 14.8. The molecule has 0 spiro atoms. The molecule has 4 rings (SSSR count). The Bertz CT molecular complexity index is 1010. The number of H-pyrrole nitrogens is 1. The van der Waals surface area contributed by atoms with Gasteiger partial charge in [-0.25, -0.2) is 9.78 Å². The maximum atomic E-state index is 12.0. The van der Waals surface area contributed by atoms with Crippen molar-refractivity contribution >= 4 is 51.8 Å². The third-order valence-corrected chi connectivity index (χ3v) is 6.49. The van der Waals surface area contributed by atoms with Crippen LogP contribution >= 0.6 is 23.2 Å². The minimum Gasteiger partial charge on any atom is -0.368 e. The van der Waals surface area contributed by atoms with Crippen molar-refractivity contribution in [3.63, 3.8) is 0 Å². The van der Waals surface area contributed by atoms with E-state index in [2.05, 4.69) is 19.8 Å². The Balaban J connectivity index is 1.25. The Kier molecular flexibility index (Phi) is 6.85. The molecule has 2 aromatic heterocycles. The van der Waals surface area contributed by atoms with E-state index in [9.17, 15) is 4.79 Å². The fourth-order valence-corrected chi connectivity index (χ4v) is 4.41. The average molecular weight is 461 g/mol. The van der Waals surface area contributed by atoms with Gasteiger partial charge in [-0.1, -0.05) is 29.3 Å². The monoisotopic (exact) mass is 460 g/mol. The van der Waals surface area contributed by atoms with Gasteiger partial charge in [0.1, 0.15) is 11.5 Å². The molecule has 0 unspecified atom stereocenters. The third kappa shape index (κ3) is 5.06. The predicted octanol–water partition coefficient (Wildman–Crippen LogP) is 4.36. The van der Waals surface area contributed by atoms with Crippen molar-refractivity contribution in [2.24, 2.45) is 5.73 Å². The molecule has 0 radical (unpaired) electrons. The Labute approximate surface area is 191 Å². The first-order chi connectivity index (χ1) is 15.0. The number of carbonyl (C=O) groups excluding carboxylic acids is 1. The zero-order valence-corrected chi connectivity index (χ0v) is 18.7. The quantitative estimate of drug-likeness (QED) is 0.513. The minimum atomic E-state index is -0.460. The van der Waals surface area contributed by atoms with Crippen LogP contribution < -0.4 is 15.5 Å². The molecule has 164 valence electrons. The zero-order valence-electron chi connectivity index (χ0n) is 17.2. The van der Waals surface area contributed by atoms with E-state index in [0.717, 1.165) is 62.3 Å². The standard InChI is InChI=1S/C22H26Cl2N6O/c23-17-6-3-7-18(20(17)24)29-13-11-28(12-14-29)9-1-2-10-30(22(25)31)19-15-16-5-4-8-26-21(16)27-19/h3-8,15H,1-2,9-14H2,(H2,25,31)(H,26,27). The van der Waals surface area contributed by atoms with Gasteiger partial charge in [0.25, 0.3) is 0 Å². The molecule has 9 heteroatoms. The van der Waals surface area contributed by atoms with Gasteiger partial charge < -0.3 is 15.6 Å². The molecular weight excluding hydrogens is 435 g/mol. The first kappa shape index (κ1) is 21.7. The van der Waals surface area contributed by atoms with Gasteiger partial charge in [-0.05, 0) is 49.7 Å². The molecule has 31 heavy (non-hydrogen) atoms. The van der Waals surface area contributed by atoms with Crippen LogP contribution in [0, 0.1) is 0 Å². The van der Waals surface area contributed by atoms with E-state index in [1.54, 1.807) is 11.1 Å². The van der Waals surface area contributed by atoms with Crippen LogP contribution in [0.25, 0.3) is 11.0 Å². The number of carbonyl (C=O) groups is 1. The van der Waals surface area contributed by atoms with Crippen LogP contribution in [0.3, 0.4) is 0 Å². The number of benzene rings is 1. The summed E-state index contributed by atoms with van der Waals surface area (Å²) >= 11 is 12.5. The number of anilines is 2. The van der Waals surface area contributed by atoms with Gasteiger partial charge in [0, 0.05) is 44.3 Å². The number of unbranched alkanes of at least 4 members (excludes halogenated alkanes) is 1. The van der Waals surface area contributed by atoms with Crippen LogP contribution in [0.2, 0.25) is 10.0 Å². The number of amides is 2. The van der Waals surface area contributed by atoms with Crippen molar-refractivity contribution < 1.29 is 4.79 Å². The number of urea groups is 1. The van der Waals surface area contributed by atoms with Gasteiger partial charge in [-0.2, -0.15) is 0 Å². The molecule has 1 aliphatic rings. The van der Waals surface area contributed by atoms with Crippen molar-refractivity contribution in [1.29, 1.82) is 0 Å². The van der Waals surface area contributed by atoms with Crippen LogP contribution in [-0.2, 0) is 0 Å². The molecule has 7 nitrogen and oxygen atoms in total. The molecule has 3 heterocycles. The van der Waals surface area contributed by atoms with Crippen LogP contribution in [0.5, 0.6) is 0 Å². The number of nitrogens with one attached hydrogen (secondary N) is 1. The van der Waals surface area contributed by atoms with Crippen LogP contribution in [0.1, 0.15) is 12.8 Å². The lowest BCUT2D eigenvalue weighted by Crippen LogP contribution is -2.46. The number of rotatable bonds is 7. The molecular formula is C22H26Cl2N6O. The van der Waals surface area contributed by atoms with Crippen LogP contribution in [0.4, 0.5) is 16.3 Å². The topological polar surface area (TPSA) is 81.5 Å². The molecule has 1 aromatic carbocycles. The Morgan fingerprint density at radius 1 is 1.13 bits per heavy atom. The fraction of sp³-hybridized carbons (Fsp3) is 0.364. The molecule has 1 saturated heterocycles. The van der Waals surface area contributed by atoms with Crippen LogP contribution in [0.15, 0.2) is 42.6 Å². The number of aromatic amines is 1. The molecule has 3 aromatic rings. The summed E-state index contributed by atoms with van der Waals surface area (Å²) in [6, 6.07) is 11.0. The van der Waals surface area contributed by atoms with Gasteiger partial charge in [0.05, 0.1) is 15.7 Å². The number of halogens is 2. The number of nitrogens with zero attached hydrogens (tertiary/aromatic N) is 4. The predicted molar refractivity (Wildman–Crippen MR) is 127 cm³/mol. The van der Waals surface area contributed by atoms with Crippen LogP contribution in [-0.4, -0.2) is 60.2 Å². The van der Waals surface area contributed by atoms with E-state index < -0.39 is 6.03 Å². The number of fused-ring (bicyclic) bond motifs is 1. The lowest BCUT2D eigenvalue weighted by molar-refractivity contribution is 0.249. The number of primary amides is 1. The van der Waals surface area contributed by atoms with Crippen molar-refractivity contribution in [2.45, 2.75) is 12.8 Å². The SMILES string of the molecule is NC(=O)N(CCCCN1CCN(c2cccc(Cl)c2Cl)CC1)c1cc2cccnc2[nH]1. The summed E-state index contributed by atoms with van der Waals surface area (Å²) in [5, 5.41) is 2.17. The number of aromatic nitrogens is 2. The number of hydrogen-bond donors (Lipinski definition) is 2. The highest BCUT2D eigenvalue weighted by Gasteiger charge is 2.20.